The fourth-order valence-corrected chi connectivity index (χ4v) is 13.3. The molecule has 362 valence electrons. The summed E-state index contributed by atoms with van der Waals surface area (Å²) in [6, 6.07) is 98.6. The molecule has 2 aromatic heterocycles. The molecule has 0 fully saturated rings. The van der Waals surface area contributed by atoms with Gasteiger partial charge in [0.05, 0.1) is 27.8 Å². The van der Waals surface area contributed by atoms with Gasteiger partial charge in [0.1, 0.15) is 0 Å². The third kappa shape index (κ3) is 6.39. The fraction of sp³-hybridized carbons (Fsp3) is 0.0411. The molecule has 2 heterocycles. The Hall–Kier alpha value is -9.90. The van der Waals surface area contributed by atoms with Gasteiger partial charge in [-0.25, -0.2) is 0 Å². The van der Waals surface area contributed by atoms with E-state index < -0.39 is 0 Å². The van der Waals surface area contributed by atoms with Crippen molar-refractivity contribution in [3.05, 3.63) is 278 Å². The molecule has 1 aliphatic carbocycles. The van der Waals surface area contributed by atoms with Crippen molar-refractivity contribution in [3.8, 4) is 22.5 Å². The third-order valence-electron chi connectivity index (χ3n) is 16.8. The van der Waals surface area contributed by atoms with Crippen LogP contribution in [0.25, 0.3) is 98.4 Å². The maximum atomic E-state index is 2.50. The molecule has 0 unspecified atom stereocenters. The van der Waals surface area contributed by atoms with E-state index in [-0.39, 0.29) is 5.41 Å². The molecule has 0 N–H and O–H groups in total. The molecule has 77 heavy (non-hydrogen) atoms. The SMILES string of the molecule is CC1(C)c2cc(N(c3ccccc3)c3ccc4c(c3)c3ccccc3n4-c3ccccc3)ccc2-c2c1cc1ccc3c(N(c4ccccc4)c4ccc5c(c4)c4ccccc4n5-c4ccccc4)ccc4ccc2c1c43. The Morgan fingerprint density at radius 2 is 0.753 bits per heavy atom. The van der Waals surface area contributed by atoms with Gasteiger partial charge in [0, 0.05) is 72.2 Å². The number of aromatic nitrogens is 2. The fourth-order valence-electron chi connectivity index (χ4n) is 13.3. The standard InChI is InChI=1S/C73H50N4/c1-73(2)63-46-55(74(49-19-7-3-8-20-49)53-35-41-68-61(44-53)56-27-15-17-29-65(56)76(68)51-23-11-5-12-24-51)34-39-58(63)72-60-38-31-47-33-40-67(59-37-32-48(43-64(72)73)71(60)70(47)59)75(50-21-9-4-10-22-50)54-36-42-69-62(45-54)57-28-16-18-30-66(57)77(69)52-25-13-6-14-26-52/h3-46H,1-2H3. The highest BCUT2D eigenvalue weighted by Gasteiger charge is 2.38. The minimum Gasteiger partial charge on any atom is -0.310 e. The maximum absolute atomic E-state index is 2.50. The molecule has 1 aliphatic rings. The Morgan fingerprint density at radius 1 is 0.299 bits per heavy atom. The first-order valence-electron chi connectivity index (χ1n) is 26.8. The molecule has 0 saturated heterocycles. The van der Waals surface area contributed by atoms with Crippen molar-refractivity contribution in [1.82, 2.24) is 9.13 Å². The van der Waals surface area contributed by atoms with Crippen molar-refractivity contribution in [2.24, 2.45) is 0 Å². The summed E-state index contributed by atoms with van der Waals surface area (Å²) < 4.78 is 4.78. The number of rotatable bonds is 8. The third-order valence-corrected chi connectivity index (χ3v) is 16.8. The Balaban J connectivity index is 0.859. The summed E-state index contributed by atoms with van der Waals surface area (Å²) in [6.45, 7) is 4.83. The molecule has 0 saturated carbocycles. The van der Waals surface area contributed by atoms with Crippen molar-refractivity contribution in [1.29, 1.82) is 0 Å². The van der Waals surface area contributed by atoms with Crippen LogP contribution in [0.1, 0.15) is 25.0 Å². The van der Waals surface area contributed by atoms with Crippen LogP contribution in [0.15, 0.2) is 267 Å². The number of hydrogen-bond acceptors (Lipinski definition) is 2. The summed E-state index contributed by atoms with van der Waals surface area (Å²) in [6.07, 6.45) is 0. The Labute approximate surface area is 446 Å². The highest BCUT2D eigenvalue weighted by atomic mass is 15.2. The molecule has 0 atom stereocenters. The summed E-state index contributed by atoms with van der Waals surface area (Å²) in [5.74, 6) is 0. The van der Waals surface area contributed by atoms with Crippen molar-refractivity contribution >= 4 is 110 Å². The first kappa shape index (κ1) is 43.5. The lowest BCUT2D eigenvalue weighted by molar-refractivity contribution is 0.661. The van der Waals surface area contributed by atoms with Gasteiger partial charge in [-0.1, -0.05) is 159 Å². The highest BCUT2D eigenvalue weighted by molar-refractivity contribution is 6.29. The summed E-state index contributed by atoms with van der Waals surface area (Å²) in [4.78, 5) is 4.90. The average Bonchev–Trinajstić information content (AvgIpc) is 4.13. The molecular formula is C73H50N4. The molecular weight excluding hydrogens is 933 g/mol. The van der Waals surface area contributed by atoms with Gasteiger partial charge in [0.15, 0.2) is 0 Å². The lowest BCUT2D eigenvalue weighted by Gasteiger charge is -2.28. The van der Waals surface area contributed by atoms with Crippen LogP contribution in [-0.4, -0.2) is 9.13 Å². The van der Waals surface area contributed by atoms with Crippen LogP contribution in [-0.2, 0) is 5.41 Å². The van der Waals surface area contributed by atoms with Crippen molar-refractivity contribution in [3.63, 3.8) is 0 Å². The topological polar surface area (TPSA) is 16.3 Å². The second-order valence-electron chi connectivity index (χ2n) is 21.3. The second kappa shape index (κ2) is 16.6. The molecule has 0 spiro atoms. The summed E-state index contributed by atoms with van der Waals surface area (Å²) in [5.41, 5.74) is 18.9. The zero-order valence-corrected chi connectivity index (χ0v) is 42.7. The van der Waals surface area contributed by atoms with Gasteiger partial charge in [0.2, 0.25) is 0 Å². The predicted octanol–water partition coefficient (Wildman–Crippen LogP) is 20.0. The van der Waals surface area contributed by atoms with E-state index in [1.807, 2.05) is 0 Å². The van der Waals surface area contributed by atoms with Crippen molar-refractivity contribution < 1.29 is 0 Å². The largest absolute Gasteiger partial charge is 0.310 e. The Bertz CT molecular complexity index is 4820. The molecule has 15 aromatic rings. The number of para-hydroxylation sites is 6. The average molecular weight is 983 g/mol. The van der Waals surface area contributed by atoms with E-state index in [2.05, 4.69) is 300 Å². The van der Waals surface area contributed by atoms with Crippen molar-refractivity contribution in [2.75, 3.05) is 9.80 Å². The molecule has 16 rings (SSSR count). The van der Waals surface area contributed by atoms with E-state index in [4.69, 9.17) is 0 Å². The van der Waals surface area contributed by atoms with Gasteiger partial charge >= 0.3 is 0 Å². The Kier molecular flexibility index (Phi) is 9.35. The van der Waals surface area contributed by atoms with E-state index in [1.54, 1.807) is 0 Å². The van der Waals surface area contributed by atoms with Gasteiger partial charge < -0.3 is 18.9 Å². The lowest BCUT2D eigenvalue weighted by atomic mass is 9.80. The molecule has 0 aliphatic heterocycles. The van der Waals surface area contributed by atoms with Crippen LogP contribution in [0.5, 0.6) is 0 Å². The van der Waals surface area contributed by atoms with E-state index in [0.29, 0.717) is 0 Å². The number of hydrogen-bond donors (Lipinski definition) is 0. The first-order chi connectivity index (χ1) is 38.0. The normalized spacial score (nSPS) is 12.9. The van der Waals surface area contributed by atoms with Crippen LogP contribution in [0, 0.1) is 0 Å². The zero-order valence-electron chi connectivity index (χ0n) is 42.7. The molecule has 0 radical (unpaired) electrons. The van der Waals surface area contributed by atoms with Gasteiger partial charge in [-0.2, -0.15) is 0 Å². The number of fused-ring (bicyclic) bond motifs is 10. The van der Waals surface area contributed by atoms with Gasteiger partial charge in [-0.3, -0.25) is 0 Å². The molecule has 13 aromatic carbocycles. The molecule has 4 heteroatoms. The van der Waals surface area contributed by atoms with E-state index in [1.165, 1.54) is 98.2 Å². The van der Waals surface area contributed by atoms with Crippen molar-refractivity contribution in [2.45, 2.75) is 19.3 Å². The van der Waals surface area contributed by atoms with E-state index >= 15 is 0 Å². The predicted molar refractivity (Wildman–Crippen MR) is 326 cm³/mol. The monoisotopic (exact) mass is 982 g/mol. The molecule has 0 amide bonds. The summed E-state index contributed by atoms with van der Waals surface area (Å²) in [7, 11) is 0. The van der Waals surface area contributed by atoms with E-state index in [9.17, 15) is 0 Å². The van der Waals surface area contributed by atoms with Gasteiger partial charge in [0.25, 0.3) is 0 Å². The summed E-state index contributed by atoms with van der Waals surface area (Å²) in [5, 5.41) is 12.6. The van der Waals surface area contributed by atoms with Crippen LogP contribution < -0.4 is 9.80 Å². The van der Waals surface area contributed by atoms with Crippen LogP contribution >= 0.6 is 0 Å². The quantitative estimate of drug-likeness (QED) is 0.141. The van der Waals surface area contributed by atoms with Crippen LogP contribution in [0.2, 0.25) is 0 Å². The van der Waals surface area contributed by atoms with Gasteiger partial charge in [-0.05, 0) is 171 Å². The van der Waals surface area contributed by atoms with Crippen LogP contribution in [0.3, 0.4) is 0 Å². The minimum absolute atomic E-state index is 0.266. The number of benzene rings is 13. The first-order valence-corrected chi connectivity index (χ1v) is 26.8. The number of anilines is 6. The lowest BCUT2D eigenvalue weighted by Crippen LogP contribution is -2.16. The van der Waals surface area contributed by atoms with Gasteiger partial charge in [-0.15, -0.1) is 0 Å². The molecule has 4 nitrogen and oxygen atoms in total. The Morgan fingerprint density at radius 3 is 1.36 bits per heavy atom. The zero-order chi connectivity index (χ0) is 50.9. The summed E-state index contributed by atoms with van der Waals surface area (Å²) >= 11 is 0. The smallest absolute Gasteiger partial charge is 0.0542 e. The second-order valence-corrected chi connectivity index (χ2v) is 21.3. The molecule has 0 bridgehead atoms. The van der Waals surface area contributed by atoms with Crippen LogP contribution in [0.4, 0.5) is 34.1 Å². The maximum Gasteiger partial charge on any atom is 0.0542 e. The van der Waals surface area contributed by atoms with E-state index in [0.717, 1.165) is 45.5 Å². The number of nitrogens with zero attached hydrogens (tertiary/aromatic N) is 4. The highest BCUT2D eigenvalue weighted by Crippen LogP contribution is 2.56. The minimum atomic E-state index is -0.266.